The highest BCUT2D eigenvalue weighted by Gasteiger charge is 2.11. The van der Waals surface area contributed by atoms with Crippen LogP contribution in [0.25, 0.3) is 0 Å². The second kappa shape index (κ2) is 15.6. The minimum absolute atomic E-state index is 0.101. The third-order valence-electron chi connectivity index (χ3n) is 5.46. The molecule has 0 saturated heterocycles. The van der Waals surface area contributed by atoms with E-state index in [1.54, 1.807) is 0 Å². The van der Waals surface area contributed by atoms with Gasteiger partial charge < -0.3 is 19.5 Å². The molecule has 0 aliphatic carbocycles. The number of carbonyl (C=O) groups excluding carboxylic acids is 1. The lowest BCUT2D eigenvalue weighted by Crippen LogP contribution is -2.27. The molecule has 7 nitrogen and oxygen atoms in total. The molecule has 1 aromatic carbocycles. The lowest BCUT2D eigenvalue weighted by molar-refractivity contribution is 0.0142. The van der Waals surface area contributed by atoms with Crippen LogP contribution in [0.5, 0.6) is 0 Å². The minimum atomic E-state index is -0.101. The van der Waals surface area contributed by atoms with Gasteiger partial charge in [0.1, 0.15) is 0 Å². The number of aryl methyl sites for hydroxylation is 1. The predicted octanol–water partition coefficient (Wildman–Crippen LogP) is 4.27. The molecule has 184 valence electrons. The van der Waals surface area contributed by atoms with Gasteiger partial charge in [0.15, 0.2) is 0 Å². The molecular formula is C26H41N3O4. The molecule has 0 saturated carbocycles. The van der Waals surface area contributed by atoms with Crippen LogP contribution in [0.15, 0.2) is 36.7 Å². The summed E-state index contributed by atoms with van der Waals surface area (Å²) in [5.74, 6) is 0.625. The van der Waals surface area contributed by atoms with Crippen LogP contribution in [0.3, 0.4) is 0 Å². The van der Waals surface area contributed by atoms with Gasteiger partial charge in [-0.1, -0.05) is 32.9 Å². The van der Waals surface area contributed by atoms with E-state index in [9.17, 15) is 4.79 Å². The Bertz CT molecular complexity index is 789. The Kier molecular flexibility index (Phi) is 12.8. The minimum Gasteiger partial charge on any atom is -0.379 e. The van der Waals surface area contributed by atoms with Gasteiger partial charge in [-0.05, 0) is 55.4 Å². The molecule has 0 aliphatic rings. The maximum atomic E-state index is 12.3. The van der Waals surface area contributed by atoms with Gasteiger partial charge >= 0.3 is 0 Å². The van der Waals surface area contributed by atoms with E-state index in [1.165, 1.54) is 12.0 Å². The molecule has 1 N–H and O–H groups in total. The number of ether oxygens (including phenoxy) is 3. The van der Waals surface area contributed by atoms with Crippen molar-refractivity contribution in [3.8, 4) is 0 Å². The highest BCUT2D eigenvalue weighted by atomic mass is 16.5. The zero-order valence-electron chi connectivity index (χ0n) is 20.7. The first-order chi connectivity index (χ1) is 16.0. The van der Waals surface area contributed by atoms with Crippen molar-refractivity contribution in [2.24, 2.45) is 5.92 Å². The van der Waals surface area contributed by atoms with Crippen molar-refractivity contribution < 1.29 is 19.0 Å². The van der Waals surface area contributed by atoms with Crippen LogP contribution in [0.2, 0.25) is 0 Å². The monoisotopic (exact) mass is 459 g/mol. The Morgan fingerprint density at radius 2 is 1.61 bits per heavy atom. The fraction of sp³-hybridized carbons (Fsp3) is 0.615. The van der Waals surface area contributed by atoms with E-state index in [4.69, 9.17) is 14.2 Å². The first-order valence-electron chi connectivity index (χ1n) is 12.2. The molecule has 2 rings (SSSR count). The molecule has 1 unspecified atom stereocenters. The molecule has 1 aromatic heterocycles. The standard InChI is InChI=1S/C26H41N3O4/c1-5-23-19-28-29(20-23)22(4)24-8-10-25(11-9-24)26(30)27-12-14-32-16-18-33-17-15-31-13-6-7-21(2)3/h8-11,19-22H,5-7,12-18H2,1-4H3,(H,27,30). The first-order valence-corrected chi connectivity index (χ1v) is 12.2. The summed E-state index contributed by atoms with van der Waals surface area (Å²) in [4.78, 5) is 12.3. The molecule has 0 radical (unpaired) electrons. The average molecular weight is 460 g/mol. The summed E-state index contributed by atoms with van der Waals surface area (Å²) >= 11 is 0. The summed E-state index contributed by atoms with van der Waals surface area (Å²) in [6, 6.07) is 7.79. The van der Waals surface area contributed by atoms with E-state index in [-0.39, 0.29) is 11.9 Å². The Balaban J connectivity index is 1.52. The number of amides is 1. The van der Waals surface area contributed by atoms with Crippen molar-refractivity contribution in [2.45, 2.75) is 53.0 Å². The smallest absolute Gasteiger partial charge is 0.251 e. The van der Waals surface area contributed by atoms with E-state index in [0.717, 1.165) is 30.9 Å². The normalized spacial score (nSPS) is 12.3. The number of nitrogens with one attached hydrogen (secondary N) is 1. The van der Waals surface area contributed by atoms with Gasteiger partial charge in [0.05, 0.1) is 45.3 Å². The predicted molar refractivity (Wildman–Crippen MR) is 131 cm³/mol. The number of rotatable bonds is 17. The zero-order chi connectivity index (χ0) is 23.9. The van der Waals surface area contributed by atoms with Crippen LogP contribution in [0.4, 0.5) is 0 Å². The van der Waals surface area contributed by atoms with Crippen molar-refractivity contribution >= 4 is 5.91 Å². The summed E-state index contributed by atoms with van der Waals surface area (Å²) in [5, 5.41) is 7.32. The molecule has 0 aliphatic heterocycles. The molecule has 1 atom stereocenters. The number of carbonyl (C=O) groups is 1. The molecule has 33 heavy (non-hydrogen) atoms. The summed E-state index contributed by atoms with van der Waals surface area (Å²) < 4.78 is 18.5. The average Bonchev–Trinajstić information content (AvgIpc) is 3.30. The van der Waals surface area contributed by atoms with Gasteiger partial charge in [0.25, 0.3) is 5.91 Å². The number of hydrogen-bond donors (Lipinski definition) is 1. The molecule has 0 fully saturated rings. The Hall–Kier alpha value is -2.22. The summed E-state index contributed by atoms with van der Waals surface area (Å²) in [7, 11) is 0. The molecule has 1 heterocycles. The lowest BCUT2D eigenvalue weighted by atomic mass is 10.1. The number of nitrogens with zero attached hydrogens (tertiary/aromatic N) is 2. The maximum Gasteiger partial charge on any atom is 0.251 e. The Morgan fingerprint density at radius 3 is 2.21 bits per heavy atom. The second-order valence-corrected chi connectivity index (χ2v) is 8.61. The third kappa shape index (κ3) is 10.5. The molecule has 1 amide bonds. The van der Waals surface area contributed by atoms with E-state index >= 15 is 0 Å². The van der Waals surface area contributed by atoms with Crippen LogP contribution >= 0.6 is 0 Å². The van der Waals surface area contributed by atoms with Crippen molar-refractivity contribution in [1.29, 1.82) is 0 Å². The van der Waals surface area contributed by atoms with Crippen molar-refractivity contribution in [1.82, 2.24) is 15.1 Å². The van der Waals surface area contributed by atoms with Gasteiger partial charge in [0.2, 0.25) is 0 Å². The van der Waals surface area contributed by atoms with Gasteiger partial charge in [0, 0.05) is 24.9 Å². The highest BCUT2D eigenvalue weighted by Crippen LogP contribution is 2.18. The molecule has 0 spiro atoms. The number of benzene rings is 1. The summed E-state index contributed by atoms with van der Waals surface area (Å²) in [5.41, 5.74) is 2.96. The third-order valence-corrected chi connectivity index (χ3v) is 5.46. The summed E-state index contributed by atoms with van der Waals surface area (Å²) in [6.07, 6.45) is 7.23. The highest BCUT2D eigenvalue weighted by molar-refractivity contribution is 5.94. The molecular weight excluding hydrogens is 418 g/mol. The van der Waals surface area contributed by atoms with Gasteiger partial charge in [-0.2, -0.15) is 5.10 Å². The van der Waals surface area contributed by atoms with Crippen molar-refractivity contribution in [3.05, 3.63) is 53.3 Å². The van der Waals surface area contributed by atoms with E-state index < -0.39 is 0 Å². The van der Waals surface area contributed by atoms with Crippen LogP contribution in [0.1, 0.15) is 68.1 Å². The first kappa shape index (κ1) is 27.0. The zero-order valence-corrected chi connectivity index (χ0v) is 20.7. The molecule has 0 bridgehead atoms. The Morgan fingerprint density at radius 1 is 0.970 bits per heavy atom. The van der Waals surface area contributed by atoms with Gasteiger partial charge in [-0.15, -0.1) is 0 Å². The Labute approximate surface area is 198 Å². The van der Waals surface area contributed by atoms with Crippen LogP contribution in [0, 0.1) is 5.92 Å². The van der Waals surface area contributed by atoms with E-state index in [1.807, 2.05) is 35.1 Å². The number of hydrogen-bond acceptors (Lipinski definition) is 5. The fourth-order valence-corrected chi connectivity index (χ4v) is 3.31. The van der Waals surface area contributed by atoms with Gasteiger partial charge in [-0.3, -0.25) is 9.48 Å². The molecule has 2 aromatic rings. The second-order valence-electron chi connectivity index (χ2n) is 8.61. The summed E-state index contributed by atoms with van der Waals surface area (Å²) in [6.45, 7) is 12.6. The quantitative estimate of drug-likeness (QED) is 0.358. The lowest BCUT2D eigenvalue weighted by Gasteiger charge is -2.13. The largest absolute Gasteiger partial charge is 0.379 e. The van der Waals surface area contributed by atoms with Crippen molar-refractivity contribution in [2.75, 3.05) is 46.2 Å². The van der Waals surface area contributed by atoms with Crippen molar-refractivity contribution in [3.63, 3.8) is 0 Å². The van der Waals surface area contributed by atoms with Crippen LogP contribution in [-0.2, 0) is 20.6 Å². The van der Waals surface area contributed by atoms with Gasteiger partial charge in [-0.25, -0.2) is 0 Å². The SMILES string of the molecule is CCc1cnn(C(C)c2ccc(C(=O)NCCOCCOCCOCCCC(C)C)cc2)c1. The van der Waals surface area contributed by atoms with E-state index in [0.29, 0.717) is 45.1 Å². The molecule has 7 heteroatoms. The number of aromatic nitrogens is 2. The topological polar surface area (TPSA) is 74.6 Å². The maximum absolute atomic E-state index is 12.3. The van der Waals surface area contributed by atoms with Crippen LogP contribution < -0.4 is 5.32 Å². The fourth-order valence-electron chi connectivity index (χ4n) is 3.31. The van der Waals surface area contributed by atoms with Crippen LogP contribution in [-0.4, -0.2) is 61.9 Å². The van der Waals surface area contributed by atoms with E-state index in [2.05, 4.69) is 44.3 Å².